The number of anilines is 1. The molecule has 3 aromatic rings. The van der Waals surface area contributed by atoms with Gasteiger partial charge in [-0.2, -0.15) is 0 Å². The maximum Gasteiger partial charge on any atom is 0.300 e. The standard InChI is InChI=1S/C25H21NO5/c1-2-31-20-13-11-16(12-14-20)23(28)21-22(17-7-6-10-19(27)15-17)26(25(30)24(21)29)18-8-4-3-5-9-18/h3-15,22,27-28H,2H2,1H3/b23-21-. The molecule has 1 amide bonds. The summed E-state index contributed by atoms with van der Waals surface area (Å²) in [5.41, 5.74) is 1.38. The number of phenolic OH excluding ortho intramolecular Hbond substituents is 1. The highest BCUT2D eigenvalue weighted by Crippen LogP contribution is 2.42. The van der Waals surface area contributed by atoms with Gasteiger partial charge in [-0.3, -0.25) is 14.5 Å². The van der Waals surface area contributed by atoms with E-state index in [1.807, 2.05) is 13.0 Å². The Bertz CT molecular complexity index is 1150. The molecule has 1 unspecified atom stereocenters. The van der Waals surface area contributed by atoms with Crippen LogP contribution in [0, 0.1) is 0 Å². The molecule has 3 aromatic carbocycles. The molecule has 6 heteroatoms. The Morgan fingerprint density at radius 1 is 0.968 bits per heavy atom. The second-order valence-corrected chi connectivity index (χ2v) is 7.06. The minimum Gasteiger partial charge on any atom is -0.508 e. The maximum absolute atomic E-state index is 13.0. The largest absolute Gasteiger partial charge is 0.508 e. The molecule has 1 aliphatic heterocycles. The van der Waals surface area contributed by atoms with E-state index in [-0.39, 0.29) is 17.1 Å². The van der Waals surface area contributed by atoms with Crippen LogP contribution in [0.3, 0.4) is 0 Å². The molecule has 1 fully saturated rings. The number of carbonyl (C=O) groups excluding carboxylic acids is 2. The molecule has 0 spiro atoms. The predicted octanol–water partition coefficient (Wildman–Crippen LogP) is 4.42. The van der Waals surface area contributed by atoms with Crippen molar-refractivity contribution in [1.82, 2.24) is 0 Å². The van der Waals surface area contributed by atoms with E-state index in [0.717, 1.165) is 0 Å². The fraction of sp³-hybridized carbons (Fsp3) is 0.120. The van der Waals surface area contributed by atoms with Crippen LogP contribution in [0.5, 0.6) is 11.5 Å². The lowest BCUT2D eigenvalue weighted by molar-refractivity contribution is -0.132. The van der Waals surface area contributed by atoms with Gasteiger partial charge in [0.15, 0.2) is 0 Å². The number of rotatable bonds is 5. The number of aliphatic hydroxyl groups is 1. The summed E-state index contributed by atoms with van der Waals surface area (Å²) < 4.78 is 5.43. The van der Waals surface area contributed by atoms with Gasteiger partial charge in [0.05, 0.1) is 18.2 Å². The Labute approximate surface area is 179 Å². The molecule has 156 valence electrons. The van der Waals surface area contributed by atoms with Crippen molar-refractivity contribution in [3.05, 3.63) is 95.6 Å². The van der Waals surface area contributed by atoms with Crippen molar-refractivity contribution in [1.29, 1.82) is 0 Å². The Kier molecular flexibility index (Phi) is 5.45. The first-order valence-electron chi connectivity index (χ1n) is 9.89. The van der Waals surface area contributed by atoms with E-state index < -0.39 is 17.7 Å². The molecule has 1 saturated heterocycles. The van der Waals surface area contributed by atoms with Crippen LogP contribution < -0.4 is 9.64 Å². The van der Waals surface area contributed by atoms with Crippen molar-refractivity contribution >= 4 is 23.1 Å². The van der Waals surface area contributed by atoms with Gasteiger partial charge in [0, 0.05) is 11.3 Å². The third-order valence-corrected chi connectivity index (χ3v) is 5.10. The molecule has 1 heterocycles. The van der Waals surface area contributed by atoms with E-state index in [4.69, 9.17) is 4.74 Å². The fourth-order valence-corrected chi connectivity index (χ4v) is 3.73. The van der Waals surface area contributed by atoms with Crippen molar-refractivity contribution in [2.24, 2.45) is 0 Å². The summed E-state index contributed by atoms with van der Waals surface area (Å²) >= 11 is 0. The number of hydrogen-bond acceptors (Lipinski definition) is 5. The smallest absolute Gasteiger partial charge is 0.300 e. The average Bonchev–Trinajstić information content (AvgIpc) is 3.05. The zero-order valence-corrected chi connectivity index (χ0v) is 16.9. The summed E-state index contributed by atoms with van der Waals surface area (Å²) in [6.45, 7) is 2.37. The van der Waals surface area contributed by atoms with Gasteiger partial charge in [-0.1, -0.05) is 30.3 Å². The van der Waals surface area contributed by atoms with Gasteiger partial charge in [0.2, 0.25) is 0 Å². The van der Waals surface area contributed by atoms with Crippen LogP contribution in [0.4, 0.5) is 5.69 Å². The highest BCUT2D eigenvalue weighted by atomic mass is 16.5. The average molecular weight is 415 g/mol. The molecule has 6 nitrogen and oxygen atoms in total. The molecule has 0 aliphatic carbocycles. The monoisotopic (exact) mass is 415 g/mol. The van der Waals surface area contributed by atoms with E-state index in [2.05, 4.69) is 0 Å². The van der Waals surface area contributed by atoms with Crippen LogP contribution >= 0.6 is 0 Å². The van der Waals surface area contributed by atoms with E-state index in [1.165, 1.54) is 17.0 Å². The topological polar surface area (TPSA) is 87.1 Å². The van der Waals surface area contributed by atoms with Crippen molar-refractivity contribution in [3.8, 4) is 11.5 Å². The van der Waals surface area contributed by atoms with Crippen molar-refractivity contribution in [3.63, 3.8) is 0 Å². The number of nitrogens with zero attached hydrogens (tertiary/aromatic N) is 1. The van der Waals surface area contributed by atoms with E-state index >= 15 is 0 Å². The Morgan fingerprint density at radius 2 is 1.68 bits per heavy atom. The van der Waals surface area contributed by atoms with Gasteiger partial charge in [-0.25, -0.2) is 0 Å². The van der Waals surface area contributed by atoms with Crippen molar-refractivity contribution < 1.29 is 24.5 Å². The first-order valence-corrected chi connectivity index (χ1v) is 9.89. The summed E-state index contributed by atoms with van der Waals surface area (Å²) in [5, 5.41) is 21.1. The lowest BCUT2D eigenvalue weighted by Gasteiger charge is -2.25. The number of aliphatic hydroxyl groups excluding tert-OH is 1. The summed E-state index contributed by atoms with van der Waals surface area (Å²) in [6, 6.07) is 20.9. The molecule has 0 radical (unpaired) electrons. The quantitative estimate of drug-likeness (QED) is 0.366. The lowest BCUT2D eigenvalue weighted by atomic mass is 9.95. The molecule has 4 rings (SSSR count). The summed E-state index contributed by atoms with van der Waals surface area (Å²) in [7, 11) is 0. The second kappa shape index (κ2) is 8.36. The van der Waals surface area contributed by atoms with Gasteiger partial charge in [-0.15, -0.1) is 0 Å². The van der Waals surface area contributed by atoms with Crippen LogP contribution in [0.15, 0.2) is 84.4 Å². The highest BCUT2D eigenvalue weighted by molar-refractivity contribution is 6.51. The Morgan fingerprint density at radius 3 is 2.32 bits per heavy atom. The number of Topliss-reactive ketones (excluding diaryl/α,β-unsaturated/α-hetero) is 1. The van der Waals surface area contributed by atoms with E-state index in [1.54, 1.807) is 60.7 Å². The van der Waals surface area contributed by atoms with Crippen LogP contribution in [-0.4, -0.2) is 28.5 Å². The zero-order chi connectivity index (χ0) is 22.0. The van der Waals surface area contributed by atoms with Crippen LogP contribution in [-0.2, 0) is 9.59 Å². The summed E-state index contributed by atoms with van der Waals surface area (Å²) in [4.78, 5) is 27.4. The summed E-state index contributed by atoms with van der Waals surface area (Å²) in [6.07, 6.45) is 0. The number of aromatic hydroxyl groups is 1. The van der Waals surface area contributed by atoms with E-state index in [9.17, 15) is 19.8 Å². The zero-order valence-electron chi connectivity index (χ0n) is 16.9. The first-order chi connectivity index (χ1) is 15.0. The normalized spacial score (nSPS) is 17.7. The molecular formula is C25H21NO5. The Balaban J connectivity index is 1.89. The number of carbonyl (C=O) groups is 2. The second-order valence-electron chi connectivity index (χ2n) is 7.06. The Hall–Kier alpha value is -4.06. The molecule has 31 heavy (non-hydrogen) atoms. The van der Waals surface area contributed by atoms with Gasteiger partial charge in [0.1, 0.15) is 17.3 Å². The lowest BCUT2D eigenvalue weighted by Crippen LogP contribution is -2.29. The van der Waals surface area contributed by atoms with Crippen molar-refractivity contribution in [2.45, 2.75) is 13.0 Å². The van der Waals surface area contributed by atoms with Crippen LogP contribution in [0.2, 0.25) is 0 Å². The van der Waals surface area contributed by atoms with Gasteiger partial charge in [0.25, 0.3) is 11.7 Å². The number of ketones is 1. The van der Waals surface area contributed by atoms with Crippen LogP contribution in [0.25, 0.3) is 5.76 Å². The molecule has 2 N–H and O–H groups in total. The first kappa shape index (κ1) is 20.2. The number of amides is 1. The van der Waals surface area contributed by atoms with Gasteiger partial charge in [-0.05, 0) is 61.0 Å². The highest BCUT2D eigenvalue weighted by Gasteiger charge is 2.47. The summed E-state index contributed by atoms with van der Waals surface area (Å²) in [5.74, 6) is -1.19. The van der Waals surface area contributed by atoms with E-state index in [0.29, 0.717) is 29.2 Å². The molecule has 0 saturated carbocycles. The minimum absolute atomic E-state index is 0.00258. The number of benzene rings is 3. The number of para-hydroxylation sites is 1. The number of phenols is 1. The fourth-order valence-electron chi connectivity index (χ4n) is 3.73. The molecule has 0 bridgehead atoms. The van der Waals surface area contributed by atoms with Crippen molar-refractivity contribution in [2.75, 3.05) is 11.5 Å². The van der Waals surface area contributed by atoms with Gasteiger partial charge < -0.3 is 14.9 Å². The molecule has 1 atom stereocenters. The molecule has 1 aliphatic rings. The minimum atomic E-state index is -0.888. The maximum atomic E-state index is 13.0. The predicted molar refractivity (Wildman–Crippen MR) is 117 cm³/mol. The SMILES string of the molecule is CCOc1ccc(/C(O)=C2/C(=O)C(=O)N(c3ccccc3)C2c2cccc(O)c2)cc1. The molecular weight excluding hydrogens is 394 g/mol. The third-order valence-electron chi connectivity index (χ3n) is 5.10. The third kappa shape index (κ3) is 3.75. The van der Waals surface area contributed by atoms with Gasteiger partial charge >= 0.3 is 0 Å². The van der Waals surface area contributed by atoms with Crippen LogP contribution in [0.1, 0.15) is 24.1 Å². The number of ether oxygens (including phenoxy) is 1. The number of hydrogen-bond donors (Lipinski definition) is 2. The molecule has 0 aromatic heterocycles.